The van der Waals surface area contributed by atoms with Crippen LogP contribution in [-0.4, -0.2) is 15.2 Å². The molecule has 0 nitrogen and oxygen atoms in total. The summed E-state index contributed by atoms with van der Waals surface area (Å²) in [4.78, 5) is 0. The average Bonchev–Trinajstić information content (AvgIpc) is 2.18. The van der Waals surface area contributed by atoms with E-state index in [1.54, 1.807) is 0 Å². The van der Waals surface area contributed by atoms with Gasteiger partial charge < -0.3 is 19.3 Å². The van der Waals surface area contributed by atoms with Crippen LogP contribution in [0.25, 0.3) is 0 Å². The summed E-state index contributed by atoms with van der Waals surface area (Å²) < 4.78 is 0. The molecule has 0 fully saturated rings. The summed E-state index contributed by atoms with van der Waals surface area (Å²) in [5, 5.41) is 3.08. The van der Waals surface area contributed by atoms with Crippen molar-refractivity contribution in [3.05, 3.63) is 6.92 Å². The molecule has 0 aliphatic rings. The first kappa shape index (κ1) is 25.3. The van der Waals surface area contributed by atoms with E-state index >= 15 is 0 Å². The van der Waals surface area contributed by atoms with Crippen molar-refractivity contribution in [3.63, 3.8) is 0 Å². The Hall–Kier alpha value is 1.42. The molecular formula is C12H27AlClLi. The van der Waals surface area contributed by atoms with E-state index in [-0.39, 0.29) is 31.3 Å². The third kappa shape index (κ3) is 39.2. The topological polar surface area (TPSA) is 0 Å². The predicted molar refractivity (Wildman–Crippen MR) is 65.4 cm³/mol. The molecule has 0 aliphatic heterocycles. The van der Waals surface area contributed by atoms with Gasteiger partial charge in [0.15, 0.2) is 0 Å². The van der Waals surface area contributed by atoms with Gasteiger partial charge in [0.05, 0.1) is 0 Å². The summed E-state index contributed by atoms with van der Waals surface area (Å²) in [6.07, 6.45) is 8.00. The van der Waals surface area contributed by atoms with Crippen molar-refractivity contribution in [1.29, 1.82) is 0 Å². The fraction of sp³-hybridized carbons (Fsp3) is 0.917. The Morgan fingerprint density at radius 3 is 1.40 bits per heavy atom. The molecule has 3 heteroatoms. The molecule has 0 aliphatic carbocycles. The van der Waals surface area contributed by atoms with Gasteiger partial charge in [-0.25, -0.2) is 0 Å². The van der Waals surface area contributed by atoms with Crippen molar-refractivity contribution < 1.29 is 31.3 Å². The van der Waals surface area contributed by atoms with Crippen LogP contribution in [0.5, 0.6) is 0 Å². The summed E-state index contributed by atoms with van der Waals surface area (Å²) in [6.45, 7) is 10.3. The molecule has 0 heterocycles. The van der Waals surface area contributed by atoms with E-state index in [2.05, 4.69) is 27.7 Å². The van der Waals surface area contributed by atoms with E-state index in [1.165, 1.54) is 42.7 Å². The molecular weight excluding hydrogens is 214 g/mol. The summed E-state index contributed by atoms with van der Waals surface area (Å²) >= 11 is 0.818. The molecule has 0 radical (unpaired) electrons. The molecule has 0 N–H and O–H groups in total. The normalized spacial score (nSPS) is 7.47. The van der Waals surface area contributed by atoms with Crippen LogP contribution in [-0.2, 0) is 0 Å². The SMILES string of the molecule is CCC[CH2][Al+][CH2]CCC.[CH2-]CCC.[Cl-].[Li+]. The van der Waals surface area contributed by atoms with Crippen LogP contribution in [0.1, 0.15) is 59.3 Å². The van der Waals surface area contributed by atoms with E-state index in [1.807, 2.05) is 0 Å². The van der Waals surface area contributed by atoms with Crippen LogP contribution in [0, 0.1) is 6.92 Å². The van der Waals surface area contributed by atoms with Gasteiger partial charge in [-0.1, -0.05) is 13.3 Å². The molecule has 15 heavy (non-hydrogen) atoms. The minimum Gasteiger partial charge on any atom is -1.00 e. The fourth-order valence-corrected chi connectivity index (χ4v) is 2.52. The summed E-state index contributed by atoms with van der Waals surface area (Å²) in [5.41, 5.74) is 0. The Kier molecular flexibility index (Phi) is 49.8. The largest absolute Gasteiger partial charge is 1.00 e. The van der Waals surface area contributed by atoms with Crippen LogP contribution in [0.15, 0.2) is 0 Å². The fourth-order valence-electron chi connectivity index (χ4n) is 0.841. The second kappa shape index (κ2) is 29.5. The third-order valence-electron chi connectivity index (χ3n) is 1.88. The Morgan fingerprint density at radius 2 is 1.20 bits per heavy atom. The molecule has 0 saturated carbocycles. The minimum atomic E-state index is 0. The Morgan fingerprint density at radius 1 is 0.867 bits per heavy atom. The van der Waals surface area contributed by atoms with Crippen LogP contribution < -0.4 is 31.3 Å². The maximum absolute atomic E-state index is 3.60. The number of unbranched alkanes of at least 4 members (excludes halogenated alkanes) is 3. The van der Waals surface area contributed by atoms with Gasteiger partial charge in [-0.05, 0) is 0 Å². The van der Waals surface area contributed by atoms with Gasteiger partial charge in [-0.2, -0.15) is 6.42 Å². The van der Waals surface area contributed by atoms with E-state index in [9.17, 15) is 0 Å². The van der Waals surface area contributed by atoms with Gasteiger partial charge in [0.1, 0.15) is 0 Å². The van der Waals surface area contributed by atoms with E-state index in [0.717, 1.165) is 21.6 Å². The predicted octanol–water partition coefficient (Wildman–Crippen LogP) is -1.24. The summed E-state index contributed by atoms with van der Waals surface area (Å²) in [5.74, 6) is 0. The van der Waals surface area contributed by atoms with Crippen LogP contribution in [0.4, 0.5) is 0 Å². The average molecular weight is 241 g/mol. The molecule has 0 atom stereocenters. The van der Waals surface area contributed by atoms with Crippen molar-refractivity contribution in [1.82, 2.24) is 0 Å². The van der Waals surface area contributed by atoms with E-state index < -0.39 is 0 Å². The minimum absolute atomic E-state index is 0. The van der Waals surface area contributed by atoms with Gasteiger partial charge >= 0.3 is 84.2 Å². The maximum atomic E-state index is 3.60. The van der Waals surface area contributed by atoms with Gasteiger partial charge in [-0.3, -0.25) is 0 Å². The standard InChI is InChI=1S/3C4H9.Al.ClH.Li/c3*1-3-4-2;;;/h3*1,3-4H2,2H3;;1H;/q;;-1;+1;;+1/p-1. The molecule has 0 aromatic rings. The molecule has 0 aromatic heterocycles. The second-order valence-electron chi connectivity index (χ2n) is 3.43. The number of halogens is 1. The first-order valence-corrected chi connectivity index (χ1v) is 7.57. The Balaban J connectivity index is -0.0000000883. The summed E-state index contributed by atoms with van der Waals surface area (Å²) in [6, 6.07) is 0. The van der Waals surface area contributed by atoms with Gasteiger partial charge in [-0.15, -0.1) is 0 Å². The number of hydrogen-bond acceptors (Lipinski definition) is 0. The zero-order valence-corrected chi connectivity index (χ0v) is 13.2. The zero-order chi connectivity index (χ0) is 10.4. The molecule has 86 valence electrons. The smallest absolute Gasteiger partial charge is 1.00 e. The molecule has 0 rings (SSSR count). The van der Waals surface area contributed by atoms with Gasteiger partial charge in [0.25, 0.3) is 0 Å². The first-order valence-electron chi connectivity index (χ1n) is 5.94. The Labute approximate surface area is 123 Å². The third-order valence-corrected chi connectivity index (χ3v) is 3.51. The molecule has 0 saturated heterocycles. The van der Waals surface area contributed by atoms with Gasteiger partial charge in [0, 0.05) is 0 Å². The van der Waals surface area contributed by atoms with Crippen molar-refractivity contribution in [2.24, 2.45) is 0 Å². The van der Waals surface area contributed by atoms with Gasteiger partial charge in [0.2, 0.25) is 0 Å². The maximum Gasteiger partial charge on any atom is 1.00 e. The molecule has 0 amide bonds. The zero-order valence-electron chi connectivity index (χ0n) is 11.3. The second-order valence-corrected chi connectivity index (χ2v) is 5.16. The first-order chi connectivity index (χ1) is 6.33. The van der Waals surface area contributed by atoms with Crippen molar-refractivity contribution in [3.8, 4) is 0 Å². The van der Waals surface area contributed by atoms with Crippen molar-refractivity contribution in [2.45, 2.75) is 69.9 Å². The van der Waals surface area contributed by atoms with Crippen LogP contribution in [0.3, 0.4) is 0 Å². The molecule has 0 aromatic carbocycles. The monoisotopic (exact) mass is 240 g/mol. The summed E-state index contributed by atoms with van der Waals surface area (Å²) in [7, 11) is 0. The number of hydrogen-bond donors (Lipinski definition) is 0. The van der Waals surface area contributed by atoms with Crippen molar-refractivity contribution >= 4 is 15.2 Å². The Bertz CT molecular complexity index is 64.6. The number of rotatable bonds is 7. The molecule has 0 spiro atoms. The molecule has 0 unspecified atom stereocenters. The quantitative estimate of drug-likeness (QED) is 0.297. The van der Waals surface area contributed by atoms with E-state index in [0.29, 0.717) is 0 Å². The van der Waals surface area contributed by atoms with Crippen molar-refractivity contribution in [2.75, 3.05) is 0 Å². The van der Waals surface area contributed by atoms with Crippen LogP contribution >= 0.6 is 0 Å². The van der Waals surface area contributed by atoms with Crippen LogP contribution in [0.2, 0.25) is 10.6 Å². The molecule has 0 bridgehead atoms. The van der Waals surface area contributed by atoms with E-state index in [4.69, 9.17) is 0 Å².